The van der Waals surface area contributed by atoms with Gasteiger partial charge in [0.25, 0.3) is 0 Å². The molecule has 0 spiro atoms. The number of hydrogen-bond acceptors (Lipinski definition) is 1. The summed E-state index contributed by atoms with van der Waals surface area (Å²) in [6.07, 6.45) is 0.243. The average molecular weight is 110 g/mol. The van der Waals surface area contributed by atoms with Crippen LogP contribution in [0.1, 0.15) is 6.42 Å². The van der Waals surface area contributed by atoms with Crippen LogP contribution in [0.4, 0.5) is 0 Å². The highest BCUT2D eigenvalue weighted by molar-refractivity contribution is 6.59. The van der Waals surface area contributed by atoms with Gasteiger partial charge in [0, 0.05) is 6.42 Å². The summed E-state index contributed by atoms with van der Waals surface area (Å²) < 4.78 is 0. The lowest BCUT2D eigenvalue weighted by atomic mass is 9.41. The summed E-state index contributed by atoms with van der Waals surface area (Å²) in [5, 5.41) is 8.17. The summed E-state index contributed by atoms with van der Waals surface area (Å²) in [6.45, 7) is 0. The van der Waals surface area contributed by atoms with Crippen molar-refractivity contribution in [1.82, 2.24) is 0 Å². The van der Waals surface area contributed by atoms with Crippen molar-refractivity contribution in [2.75, 3.05) is 0 Å². The zero-order chi connectivity index (χ0) is 6.78. The first kappa shape index (κ1) is 7.66. The van der Waals surface area contributed by atoms with Crippen LogP contribution in [0.3, 0.4) is 0 Å². The van der Waals surface area contributed by atoms with E-state index in [1.807, 2.05) is 23.5 Å². The van der Waals surface area contributed by atoms with E-state index in [4.69, 9.17) is 5.11 Å². The Morgan fingerprint density at radius 2 is 1.88 bits per heavy atom. The Kier molecular flexibility index (Phi) is 2.19. The number of carbonyl (C=O) groups is 1. The molecule has 0 rings (SSSR count). The summed E-state index contributed by atoms with van der Waals surface area (Å²) in [6, 6.07) is 0. The largest absolute Gasteiger partial charge is 0.481 e. The van der Waals surface area contributed by atoms with Crippen LogP contribution in [0.2, 0.25) is 5.11 Å². The molecule has 42 valence electrons. The van der Waals surface area contributed by atoms with Gasteiger partial charge in [0.2, 0.25) is 0 Å². The Bertz CT molecular complexity index is 95.2. The van der Waals surface area contributed by atoms with Gasteiger partial charge < -0.3 is 5.11 Å². The van der Waals surface area contributed by atoms with Crippen molar-refractivity contribution < 1.29 is 9.90 Å². The van der Waals surface area contributed by atoms with Crippen molar-refractivity contribution in [3.63, 3.8) is 0 Å². The van der Waals surface area contributed by atoms with E-state index in [-0.39, 0.29) is 11.5 Å². The van der Waals surface area contributed by atoms with Gasteiger partial charge in [-0.15, -0.1) is 5.11 Å². The third kappa shape index (κ3) is 5.66. The predicted molar refractivity (Wildman–Crippen MR) is 40.6 cm³/mol. The second kappa shape index (κ2) is 2.29. The van der Waals surface area contributed by atoms with Crippen molar-refractivity contribution >= 4 is 29.5 Å². The molecule has 0 saturated heterocycles. The van der Waals surface area contributed by atoms with Gasteiger partial charge in [0.15, 0.2) is 0 Å². The van der Waals surface area contributed by atoms with Crippen LogP contribution in [-0.4, -0.2) is 34.6 Å². The fourth-order valence-electron chi connectivity index (χ4n) is 0.454. The van der Waals surface area contributed by atoms with Crippen LogP contribution < -0.4 is 0 Å². The van der Waals surface area contributed by atoms with Gasteiger partial charge in [0.1, 0.15) is 0 Å². The van der Waals surface area contributed by atoms with Gasteiger partial charge in [-0.25, -0.2) is 0 Å². The maximum absolute atomic E-state index is 10.0. The maximum Gasteiger partial charge on any atom is 0.301 e. The fraction of sp³-hybridized carbons (Fsp3) is 0.667. The third-order valence-corrected chi connectivity index (χ3v) is 0.682. The van der Waals surface area contributed by atoms with Crippen LogP contribution in [0.5, 0.6) is 0 Å². The Labute approximate surface area is 51.9 Å². The van der Waals surface area contributed by atoms with Crippen molar-refractivity contribution in [2.24, 2.45) is 0 Å². The van der Waals surface area contributed by atoms with E-state index in [9.17, 15) is 4.79 Å². The van der Waals surface area contributed by atoms with Gasteiger partial charge in [-0.05, 0) is 0 Å². The Hall–Kier alpha value is -0.335. The standard InChI is InChI=1S/C3H9B3O2/c4-3(5,6)1-2(7)8/h1,4-6H2,(H,7,8). The SMILES string of the molecule is BC(B)(B)CC(=O)O. The minimum Gasteiger partial charge on any atom is -0.481 e. The number of carboxylic acids is 1. The Balaban J connectivity index is 3.55. The molecule has 0 aromatic heterocycles. The van der Waals surface area contributed by atoms with E-state index in [1.54, 1.807) is 0 Å². The van der Waals surface area contributed by atoms with E-state index >= 15 is 0 Å². The average Bonchev–Trinajstić information content (AvgIpc) is 1.21. The number of hydrogen-bond donors (Lipinski definition) is 1. The molecule has 0 amide bonds. The molecule has 0 aromatic rings. The normalized spacial score (nSPS) is 11.0. The van der Waals surface area contributed by atoms with Crippen LogP contribution in [0, 0.1) is 0 Å². The van der Waals surface area contributed by atoms with Gasteiger partial charge >= 0.3 is 5.97 Å². The quantitative estimate of drug-likeness (QED) is 0.396. The Morgan fingerprint density at radius 1 is 1.50 bits per heavy atom. The fourth-order valence-corrected chi connectivity index (χ4v) is 0.454. The van der Waals surface area contributed by atoms with Crippen molar-refractivity contribution in [3.8, 4) is 0 Å². The van der Waals surface area contributed by atoms with E-state index in [0.717, 1.165) is 0 Å². The summed E-state index contributed by atoms with van der Waals surface area (Å²) in [7, 11) is 5.71. The molecule has 0 unspecified atom stereocenters. The summed E-state index contributed by atoms with van der Waals surface area (Å²) >= 11 is 0. The first-order valence-electron chi connectivity index (χ1n) is 2.63. The number of rotatable bonds is 2. The molecule has 0 fully saturated rings. The van der Waals surface area contributed by atoms with Crippen molar-refractivity contribution in [2.45, 2.75) is 11.5 Å². The van der Waals surface area contributed by atoms with E-state index in [2.05, 4.69) is 0 Å². The molecule has 0 atom stereocenters. The highest BCUT2D eigenvalue weighted by Crippen LogP contribution is 2.12. The van der Waals surface area contributed by atoms with Crippen LogP contribution in [-0.2, 0) is 4.79 Å². The lowest BCUT2D eigenvalue weighted by molar-refractivity contribution is -0.136. The van der Waals surface area contributed by atoms with Gasteiger partial charge in [-0.3, -0.25) is 4.79 Å². The Morgan fingerprint density at radius 3 is 1.88 bits per heavy atom. The second-order valence-corrected chi connectivity index (χ2v) is 3.13. The summed E-state index contributed by atoms with van der Waals surface area (Å²) in [4.78, 5) is 10.0. The highest BCUT2D eigenvalue weighted by Gasteiger charge is 2.14. The van der Waals surface area contributed by atoms with E-state index in [1.165, 1.54) is 0 Å². The number of carboxylic acid groups (broad SMARTS) is 1. The lowest BCUT2D eigenvalue weighted by Gasteiger charge is -2.12. The molecule has 0 saturated carbocycles. The molecular formula is C3H9B3O2. The van der Waals surface area contributed by atoms with Gasteiger partial charge in [-0.2, -0.15) is 0 Å². The molecule has 0 bridgehead atoms. The van der Waals surface area contributed by atoms with Crippen LogP contribution in [0.15, 0.2) is 0 Å². The molecule has 0 aliphatic heterocycles. The smallest absolute Gasteiger partial charge is 0.301 e. The molecule has 0 radical (unpaired) electrons. The molecule has 0 heterocycles. The third-order valence-electron chi connectivity index (χ3n) is 0.682. The molecular weight excluding hydrogens is 100 g/mol. The highest BCUT2D eigenvalue weighted by atomic mass is 16.4. The topological polar surface area (TPSA) is 37.3 Å². The molecule has 0 aliphatic carbocycles. The monoisotopic (exact) mass is 110 g/mol. The summed E-state index contributed by atoms with van der Waals surface area (Å²) in [5.41, 5.74) is 0. The van der Waals surface area contributed by atoms with Crippen molar-refractivity contribution in [3.05, 3.63) is 0 Å². The first-order valence-corrected chi connectivity index (χ1v) is 2.63. The van der Waals surface area contributed by atoms with Gasteiger partial charge in [0.05, 0.1) is 23.5 Å². The lowest BCUT2D eigenvalue weighted by Crippen LogP contribution is -2.17. The minimum atomic E-state index is -0.725. The number of aliphatic carboxylic acids is 1. The molecule has 0 aliphatic rings. The molecule has 5 heteroatoms. The summed E-state index contributed by atoms with van der Waals surface area (Å²) in [5.74, 6) is -0.725. The zero-order valence-corrected chi connectivity index (χ0v) is 5.56. The zero-order valence-electron chi connectivity index (χ0n) is 5.56. The first-order chi connectivity index (χ1) is 3.42. The molecule has 2 nitrogen and oxygen atoms in total. The van der Waals surface area contributed by atoms with Gasteiger partial charge in [-0.1, -0.05) is 0 Å². The van der Waals surface area contributed by atoms with E-state index in [0.29, 0.717) is 0 Å². The molecule has 0 aromatic carbocycles. The predicted octanol–water partition coefficient (Wildman–Crippen LogP) is -2.57. The van der Waals surface area contributed by atoms with Crippen LogP contribution in [0.25, 0.3) is 0 Å². The second-order valence-electron chi connectivity index (χ2n) is 3.13. The maximum atomic E-state index is 10.0. The van der Waals surface area contributed by atoms with Crippen molar-refractivity contribution in [1.29, 1.82) is 0 Å². The molecule has 8 heavy (non-hydrogen) atoms. The van der Waals surface area contributed by atoms with Crippen LogP contribution >= 0.6 is 0 Å². The van der Waals surface area contributed by atoms with E-state index < -0.39 is 5.97 Å². The minimum absolute atomic E-state index is 0.0775. The molecule has 1 N–H and O–H groups in total.